The molecule has 231 valence electrons. The van der Waals surface area contributed by atoms with Crippen molar-refractivity contribution in [2.24, 2.45) is 0 Å². The van der Waals surface area contributed by atoms with E-state index in [1.165, 1.54) is 41.1 Å². The fraction of sp³-hybridized carbons (Fsp3) is 0.444. The third kappa shape index (κ3) is 4.39. The summed E-state index contributed by atoms with van der Waals surface area (Å²) in [5, 5.41) is 11.7. The van der Waals surface area contributed by atoms with Crippen LogP contribution in [0.5, 0.6) is 0 Å². The van der Waals surface area contributed by atoms with Crippen LogP contribution in [0.15, 0.2) is 48.5 Å². The summed E-state index contributed by atoms with van der Waals surface area (Å²) in [5.41, 5.74) is 7.86. The van der Waals surface area contributed by atoms with Gasteiger partial charge < -0.3 is 15.4 Å². The topological polar surface area (TPSA) is 88.9 Å². The molecule has 42 heavy (non-hydrogen) atoms. The number of rotatable bonds is 8. The van der Waals surface area contributed by atoms with Crippen LogP contribution in [0, 0.1) is 0 Å². The number of aromatic amines is 2. The Hall–Kier alpha value is -2.86. The van der Waals surface area contributed by atoms with Gasteiger partial charge in [-0.15, -0.1) is 0 Å². The molecule has 6 heteroatoms. The van der Waals surface area contributed by atoms with Crippen molar-refractivity contribution < 1.29 is 15.0 Å². The summed E-state index contributed by atoms with van der Waals surface area (Å²) < 4.78 is 0. The van der Waals surface area contributed by atoms with Crippen LogP contribution in [-0.4, -0.2) is 25.4 Å². The minimum atomic E-state index is -3.68. The number of fused-ring (bicyclic) bond motifs is 8. The Bertz CT molecular complexity index is 1440. The molecule has 0 atom stereocenters. The molecule has 0 saturated heterocycles. The predicted molar refractivity (Wildman–Crippen MR) is 186 cm³/mol. The van der Waals surface area contributed by atoms with Gasteiger partial charge in [0.05, 0.1) is 22.8 Å². The van der Waals surface area contributed by atoms with Crippen LogP contribution in [0.4, 0.5) is 0 Å². The number of nitrogens with zero attached hydrogens (tertiary/aromatic N) is 2. The minimum Gasteiger partial charge on any atom is -0.412 e. The molecule has 2 aliphatic rings. The van der Waals surface area contributed by atoms with Gasteiger partial charge in [-0.3, -0.25) is 0 Å². The molecule has 5 heterocycles. The zero-order chi connectivity index (χ0) is 29.9. The molecule has 0 aromatic carbocycles. The molecule has 3 aromatic rings. The maximum atomic E-state index is 4.63. The first kappa shape index (κ1) is 33.6. The van der Waals surface area contributed by atoms with E-state index in [9.17, 15) is 0 Å². The Kier molecular flexibility index (Phi) is 7.88. The molecule has 0 saturated carbocycles. The predicted octanol–water partition coefficient (Wildman–Crippen LogP) is 11.6. The Labute approximate surface area is 248 Å². The van der Waals surface area contributed by atoms with Crippen LogP contribution in [0.1, 0.15) is 78.2 Å². The van der Waals surface area contributed by atoms with Gasteiger partial charge in [-0.1, -0.05) is 0 Å². The van der Waals surface area contributed by atoms with E-state index < -0.39 is 9.51 Å². The molecule has 2 aliphatic heterocycles. The fourth-order valence-electron chi connectivity index (χ4n) is 9.20. The van der Waals surface area contributed by atoms with E-state index in [1.807, 2.05) is 48.6 Å². The van der Waals surface area contributed by atoms with Crippen LogP contribution in [0.3, 0.4) is 0 Å². The van der Waals surface area contributed by atoms with Gasteiger partial charge >= 0.3 is 106 Å². The number of hydrogen-bond donors (Lipinski definition) is 2. The molecule has 0 fully saturated rings. The van der Waals surface area contributed by atoms with Crippen LogP contribution >= 0.6 is 0 Å². The van der Waals surface area contributed by atoms with Gasteiger partial charge in [-0.2, -0.15) is 0 Å². The summed E-state index contributed by atoms with van der Waals surface area (Å²) in [4.78, 5) is 16.0. The minimum absolute atomic E-state index is 0. The molecule has 0 amide bonds. The summed E-state index contributed by atoms with van der Waals surface area (Å²) in [5.74, 6) is 0. The van der Waals surface area contributed by atoms with Gasteiger partial charge in [0, 0.05) is 22.1 Å². The van der Waals surface area contributed by atoms with Crippen molar-refractivity contribution in [3.63, 3.8) is 0 Å². The summed E-state index contributed by atoms with van der Waals surface area (Å²) >= 11 is 0. The SMILES string of the molecule is C1=Cc2cc3ccc(cc4nc(cc5ccc(cc1n2)[nH]5)C=C4)[nH]3.C[CH2][V]([CH2]C)([CH2]C)([CH2]C)([CH2]C)([CH2]C)([CH2]C)[CH2]C.O. The van der Waals surface area contributed by atoms with E-state index in [1.54, 1.807) is 0 Å². The Morgan fingerprint density at radius 2 is 0.643 bits per heavy atom. The summed E-state index contributed by atoms with van der Waals surface area (Å²) in [6.45, 7) is 20.3. The number of hydrogen-bond acceptors (Lipinski definition) is 2. The molecule has 5 nitrogen and oxygen atoms in total. The van der Waals surface area contributed by atoms with Crippen molar-refractivity contribution in [2.75, 3.05) is 0 Å². The Balaban J connectivity index is 0.000000242. The normalized spacial score (nSPS) is 16.2. The van der Waals surface area contributed by atoms with Gasteiger partial charge in [0.1, 0.15) is 0 Å². The second-order valence-corrected chi connectivity index (χ2v) is 42.2. The van der Waals surface area contributed by atoms with Crippen molar-refractivity contribution in [2.45, 2.75) is 96.5 Å². The third-order valence-corrected chi connectivity index (χ3v) is 55.7. The molecule has 0 unspecified atom stereocenters. The summed E-state index contributed by atoms with van der Waals surface area (Å²) in [6, 6.07) is 16.4. The molecule has 4 N–H and O–H groups in total. The third-order valence-electron chi connectivity index (χ3n) is 16.6. The van der Waals surface area contributed by atoms with Crippen LogP contribution in [0.25, 0.3) is 46.4 Å². The second kappa shape index (κ2) is 9.84. The molecule has 5 rings (SSSR count). The number of nitrogens with one attached hydrogen (secondary N) is 2. The van der Waals surface area contributed by atoms with E-state index >= 15 is 0 Å². The average Bonchev–Trinajstić information content (AvgIpc) is 3.85. The van der Waals surface area contributed by atoms with Crippen molar-refractivity contribution in [3.8, 4) is 0 Å². The van der Waals surface area contributed by atoms with Crippen LogP contribution in [-0.2, 0) is 9.51 Å². The molecular weight excluding hydrogens is 555 g/mol. The quantitative estimate of drug-likeness (QED) is 0.183. The van der Waals surface area contributed by atoms with Crippen molar-refractivity contribution in [1.29, 1.82) is 0 Å². The maximum Gasteiger partial charge on any atom is -0.412 e. The van der Waals surface area contributed by atoms with Gasteiger partial charge in [0.2, 0.25) is 0 Å². The molecule has 0 spiro atoms. The van der Waals surface area contributed by atoms with Crippen molar-refractivity contribution >= 4 is 46.4 Å². The van der Waals surface area contributed by atoms with Crippen molar-refractivity contribution in [3.05, 3.63) is 71.3 Å². The molecule has 0 aliphatic carbocycles. The molecule has 0 radical (unpaired) electrons. The van der Waals surface area contributed by atoms with E-state index in [-0.39, 0.29) is 5.48 Å². The number of aromatic nitrogens is 4. The van der Waals surface area contributed by atoms with E-state index in [2.05, 4.69) is 99.6 Å². The van der Waals surface area contributed by atoms with E-state index in [4.69, 9.17) is 0 Å². The monoisotopic (exact) mass is 611 g/mol. The fourth-order valence-corrected chi connectivity index (χ4v) is 28.8. The second-order valence-electron chi connectivity index (χ2n) is 14.7. The Morgan fingerprint density at radius 1 is 0.429 bits per heavy atom. The smallest absolute Gasteiger partial charge is 0.412 e. The zero-order valence-corrected chi connectivity index (χ0v) is 28.8. The van der Waals surface area contributed by atoms with E-state index in [0.29, 0.717) is 0 Å². The van der Waals surface area contributed by atoms with Gasteiger partial charge in [-0.05, 0) is 72.8 Å². The van der Waals surface area contributed by atoms with Crippen molar-refractivity contribution in [1.82, 2.24) is 19.9 Å². The first-order valence-corrected chi connectivity index (χ1v) is 23.9. The Morgan fingerprint density at radius 3 is 0.810 bits per heavy atom. The molecular formula is C36H56N4OV. The number of H-pyrrole nitrogens is 2. The summed E-state index contributed by atoms with van der Waals surface area (Å²) in [6.07, 6.45) is 8.09. The van der Waals surface area contributed by atoms with Crippen LogP contribution < -0.4 is 0 Å². The summed E-state index contributed by atoms with van der Waals surface area (Å²) in [7, 11) is -3.68. The zero-order valence-electron chi connectivity index (χ0n) is 27.4. The maximum absolute atomic E-state index is 4.63. The van der Waals surface area contributed by atoms with Crippen LogP contribution in [0.2, 0.25) is 41.1 Å². The molecule has 3 aromatic heterocycles. The van der Waals surface area contributed by atoms with Gasteiger partial charge in [0.25, 0.3) is 0 Å². The van der Waals surface area contributed by atoms with E-state index in [0.717, 1.165) is 44.8 Å². The van der Waals surface area contributed by atoms with Gasteiger partial charge in [0.15, 0.2) is 0 Å². The largest absolute Gasteiger partial charge is 0.412 e. The first-order valence-electron chi connectivity index (χ1n) is 16.0. The first-order chi connectivity index (χ1) is 19.5. The van der Waals surface area contributed by atoms with Gasteiger partial charge in [-0.25, -0.2) is 9.97 Å². The molecule has 8 bridgehead atoms. The standard InChI is InChI=1S/C20H14N4.8C2H5.H2O.V/c1-2-14-10-16-5-6-18(23-16)12-20-8-7-19(24-20)11-17-4-3-15(22-17)9-13(1)21-14;8*1-2;;/h1-12,21,24H;8*1H2,2H3;1H2;. The average molecular weight is 612 g/mol.